The zero-order valence-corrected chi connectivity index (χ0v) is 10.6. The molecular formula is C14H19NO3. The van der Waals surface area contributed by atoms with Crippen molar-refractivity contribution >= 4 is 5.97 Å². The second kappa shape index (κ2) is 5.98. The lowest BCUT2D eigenvalue weighted by atomic mass is 10.1. The topological polar surface area (TPSA) is 49.8 Å². The Kier molecular flexibility index (Phi) is 4.33. The maximum absolute atomic E-state index is 11.0. The number of aliphatic carboxylic acids is 1. The van der Waals surface area contributed by atoms with Gasteiger partial charge in [0.2, 0.25) is 0 Å². The number of carboxylic acids is 1. The molecule has 0 radical (unpaired) electrons. The quantitative estimate of drug-likeness (QED) is 0.833. The number of benzene rings is 1. The van der Waals surface area contributed by atoms with Crippen molar-refractivity contribution in [3.8, 4) is 0 Å². The van der Waals surface area contributed by atoms with Crippen LogP contribution < -0.4 is 0 Å². The number of methoxy groups -OCH3 is 1. The smallest absolute Gasteiger partial charge is 0.317 e. The van der Waals surface area contributed by atoms with Crippen LogP contribution in [0, 0.1) is 0 Å². The minimum Gasteiger partial charge on any atom is -0.480 e. The van der Waals surface area contributed by atoms with Crippen molar-refractivity contribution < 1.29 is 14.6 Å². The van der Waals surface area contributed by atoms with E-state index in [0.717, 1.165) is 12.8 Å². The summed E-state index contributed by atoms with van der Waals surface area (Å²) in [6.07, 6.45) is 2.03. The molecule has 1 aromatic carbocycles. The summed E-state index contributed by atoms with van der Waals surface area (Å²) in [4.78, 5) is 13.0. The van der Waals surface area contributed by atoms with Crippen LogP contribution in [0.1, 0.15) is 23.6 Å². The molecule has 0 saturated carbocycles. The van der Waals surface area contributed by atoms with E-state index in [-0.39, 0.29) is 12.6 Å². The molecule has 2 rings (SSSR count). The molecule has 1 aromatic rings. The highest BCUT2D eigenvalue weighted by molar-refractivity contribution is 5.69. The highest BCUT2D eigenvalue weighted by atomic mass is 16.5. The molecule has 1 N–H and O–H groups in total. The Morgan fingerprint density at radius 2 is 2.28 bits per heavy atom. The Morgan fingerprint density at radius 3 is 3.00 bits per heavy atom. The molecule has 4 nitrogen and oxygen atoms in total. The Balaban J connectivity index is 2.14. The first-order valence-corrected chi connectivity index (χ1v) is 6.25. The molecule has 0 fully saturated rings. The number of carboxylic acid groups (broad SMARTS) is 1. The van der Waals surface area contributed by atoms with Crippen LogP contribution in [0.5, 0.6) is 0 Å². The van der Waals surface area contributed by atoms with Crippen molar-refractivity contribution in [2.24, 2.45) is 0 Å². The highest BCUT2D eigenvalue weighted by Gasteiger charge is 2.28. The van der Waals surface area contributed by atoms with Gasteiger partial charge in [-0.3, -0.25) is 9.69 Å². The molecule has 1 atom stereocenters. The van der Waals surface area contributed by atoms with Crippen molar-refractivity contribution in [3.05, 3.63) is 35.4 Å². The number of fused-ring (bicyclic) bond motifs is 1. The summed E-state index contributed by atoms with van der Waals surface area (Å²) in [7, 11) is 1.64. The summed E-state index contributed by atoms with van der Waals surface area (Å²) in [5.74, 6) is -0.782. The van der Waals surface area contributed by atoms with Crippen LogP contribution in [-0.4, -0.2) is 42.8 Å². The summed E-state index contributed by atoms with van der Waals surface area (Å²) >= 11 is 0. The van der Waals surface area contributed by atoms with E-state index in [0.29, 0.717) is 13.2 Å². The average Bonchev–Trinajstić information content (AvgIpc) is 2.78. The summed E-state index contributed by atoms with van der Waals surface area (Å²) < 4.78 is 5.07. The third-order valence-corrected chi connectivity index (χ3v) is 3.46. The fourth-order valence-corrected chi connectivity index (χ4v) is 2.64. The van der Waals surface area contributed by atoms with E-state index in [4.69, 9.17) is 9.84 Å². The number of nitrogens with zero attached hydrogens (tertiary/aromatic N) is 1. The third-order valence-electron chi connectivity index (χ3n) is 3.46. The van der Waals surface area contributed by atoms with Gasteiger partial charge < -0.3 is 9.84 Å². The van der Waals surface area contributed by atoms with Gasteiger partial charge in [-0.2, -0.15) is 0 Å². The zero-order valence-electron chi connectivity index (χ0n) is 10.6. The SMILES string of the molecule is COCCN(CC(=O)O)C1CCc2ccccc21. The second-order valence-corrected chi connectivity index (χ2v) is 4.61. The van der Waals surface area contributed by atoms with Gasteiger partial charge in [0.05, 0.1) is 13.2 Å². The molecule has 0 aliphatic heterocycles. The van der Waals surface area contributed by atoms with Crippen molar-refractivity contribution in [2.75, 3.05) is 26.8 Å². The van der Waals surface area contributed by atoms with Crippen LogP contribution in [0.15, 0.2) is 24.3 Å². The first-order chi connectivity index (χ1) is 8.72. The monoisotopic (exact) mass is 249 g/mol. The van der Waals surface area contributed by atoms with Crippen molar-refractivity contribution in [3.63, 3.8) is 0 Å². The molecule has 1 unspecified atom stereocenters. The van der Waals surface area contributed by atoms with Crippen molar-refractivity contribution in [2.45, 2.75) is 18.9 Å². The highest BCUT2D eigenvalue weighted by Crippen LogP contribution is 2.35. The van der Waals surface area contributed by atoms with Crippen LogP contribution in [-0.2, 0) is 16.0 Å². The largest absolute Gasteiger partial charge is 0.480 e. The fourth-order valence-electron chi connectivity index (χ4n) is 2.64. The molecule has 18 heavy (non-hydrogen) atoms. The van der Waals surface area contributed by atoms with Crippen LogP contribution in [0.3, 0.4) is 0 Å². The van der Waals surface area contributed by atoms with E-state index >= 15 is 0 Å². The van der Waals surface area contributed by atoms with Crippen molar-refractivity contribution in [1.82, 2.24) is 4.90 Å². The molecule has 0 bridgehead atoms. The Labute approximate surface area is 107 Å². The number of hydrogen-bond donors (Lipinski definition) is 1. The normalized spacial score (nSPS) is 18.0. The number of rotatable bonds is 6. The minimum atomic E-state index is -0.782. The summed E-state index contributed by atoms with van der Waals surface area (Å²) in [5.41, 5.74) is 2.62. The lowest BCUT2D eigenvalue weighted by Crippen LogP contribution is -2.35. The summed E-state index contributed by atoms with van der Waals surface area (Å²) in [6, 6.07) is 8.51. The van der Waals surface area contributed by atoms with Crippen LogP contribution in [0.2, 0.25) is 0 Å². The molecule has 4 heteroatoms. The number of hydrogen-bond acceptors (Lipinski definition) is 3. The van der Waals surface area contributed by atoms with E-state index < -0.39 is 5.97 Å². The van der Waals surface area contributed by atoms with Gasteiger partial charge in [0.25, 0.3) is 0 Å². The van der Waals surface area contributed by atoms with Crippen LogP contribution in [0.4, 0.5) is 0 Å². The van der Waals surface area contributed by atoms with Gasteiger partial charge >= 0.3 is 5.97 Å². The van der Waals surface area contributed by atoms with E-state index in [1.807, 2.05) is 17.0 Å². The summed E-state index contributed by atoms with van der Waals surface area (Å²) in [6.45, 7) is 1.29. The van der Waals surface area contributed by atoms with Crippen LogP contribution >= 0.6 is 0 Å². The van der Waals surface area contributed by atoms with Gasteiger partial charge in [0.1, 0.15) is 0 Å². The van der Waals surface area contributed by atoms with Gasteiger partial charge in [-0.05, 0) is 24.0 Å². The first-order valence-electron chi connectivity index (χ1n) is 6.25. The zero-order chi connectivity index (χ0) is 13.0. The Bertz CT molecular complexity index is 419. The van der Waals surface area contributed by atoms with Gasteiger partial charge in [-0.25, -0.2) is 0 Å². The predicted molar refractivity (Wildman–Crippen MR) is 68.6 cm³/mol. The second-order valence-electron chi connectivity index (χ2n) is 4.61. The van der Waals surface area contributed by atoms with Crippen LogP contribution in [0.25, 0.3) is 0 Å². The minimum absolute atomic E-state index is 0.0718. The summed E-state index contributed by atoms with van der Waals surface area (Å²) in [5, 5.41) is 9.01. The molecule has 98 valence electrons. The molecule has 1 aliphatic carbocycles. The first kappa shape index (κ1) is 13.1. The lowest BCUT2D eigenvalue weighted by molar-refractivity contribution is -0.139. The van der Waals surface area contributed by atoms with E-state index in [1.54, 1.807) is 7.11 Å². The molecule has 0 spiro atoms. The molecule has 0 saturated heterocycles. The number of carbonyl (C=O) groups is 1. The molecule has 0 amide bonds. The molecule has 0 heterocycles. The van der Waals surface area contributed by atoms with Gasteiger partial charge in [-0.1, -0.05) is 24.3 Å². The maximum Gasteiger partial charge on any atom is 0.317 e. The predicted octanol–water partition coefficient (Wildman–Crippen LogP) is 1.71. The van der Waals surface area contributed by atoms with Gasteiger partial charge in [0.15, 0.2) is 0 Å². The fraction of sp³-hybridized carbons (Fsp3) is 0.500. The van der Waals surface area contributed by atoms with E-state index in [2.05, 4.69) is 12.1 Å². The molecule has 0 aromatic heterocycles. The Morgan fingerprint density at radius 1 is 1.50 bits per heavy atom. The van der Waals surface area contributed by atoms with E-state index in [1.165, 1.54) is 11.1 Å². The third kappa shape index (κ3) is 2.89. The van der Waals surface area contributed by atoms with Gasteiger partial charge in [-0.15, -0.1) is 0 Å². The van der Waals surface area contributed by atoms with Gasteiger partial charge in [0, 0.05) is 19.7 Å². The lowest BCUT2D eigenvalue weighted by Gasteiger charge is -2.27. The Hall–Kier alpha value is -1.39. The maximum atomic E-state index is 11.0. The standard InChI is InChI=1S/C14H19NO3/c1-18-9-8-15(10-14(16)17)13-7-6-11-4-2-3-5-12(11)13/h2-5,13H,6-10H2,1H3,(H,16,17). The molecule has 1 aliphatic rings. The number of ether oxygens (including phenoxy) is 1. The number of aryl methyl sites for hydroxylation is 1. The molecular weight excluding hydrogens is 230 g/mol. The average molecular weight is 249 g/mol. The van der Waals surface area contributed by atoms with E-state index in [9.17, 15) is 4.79 Å². The van der Waals surface area contributed by atoms with Crippen molar-refractivity contribution in [1.29, 1.82) is 0 Å².